The molecule has 140 valence electrons. The molecule has 1 amide bonds. The van der Waals surface area contributed by atoms with Crippen LogP contribution in [0.4, 0.5) is 5.95 Å². The van der Waals surface area contributed by atoms with Crippen molar-refractivity contribution in [2.24, 2.45) is 5.92 Å². The fraction of sp³-hybridized carbons (Fsp3) is 0.333. The topological polar surface area (TPSA) is 61.0 Å². The number of rotatable bonds is 5. The predicted molar refractivity (Wildman–Crippen MR) is 112 cm³/mol. The SMILES string of the molecule is O=C(NCCc1ccccc1)[C@H]1CCCN(c2nc3ccc(Br)cc3[nH]2)C1. The number of aromatic nitrogens is 2. The first-order chi connectivity index (χ1) is 13.2. The molecule has 3 aromatic rings. The molecule has 4 rings (SSSR count). The number of carbonyl (C=O) groups is 1. The molecule has 0 saturated carbocycles. The van der Waals surface area contributed by atoms with E-state index in [0.29, 0.717) is 13.1 Å². The van der Waals surface area contributed by atoms with Crippen molar-refractivity contribution in [1.82, 2.24) is 15.3 Å². The molecule has 1 atom stereocenters. The number of fused-ring (bicyclic) bond motifs is 1. The molecular formula is C21H23BrN4O. The Bertz CT molecular complexity index is 924. The van der Waals surface area contributed by atoms with Gasteiger partial charge in [-0.3, -0.25) is 4.79 Å². The lowest BCUT2D eigenvalue weighted by molar-refractivity contribution is -0.125. The van der Waals surface area contributed by atoms with E-state index in [2.05, 4.69) is 43.3 Å². The second-order valence-electron chi connectivity index (χ2n) is 7.03. The average Bonchev–Trinajstić information content (AvgIpc) is 3.12. The summed E-state index contributed by atoms with van der Waals surface area (Å²) in [7, 11) is 0. The summed E-state index contributed by atoms with van der Waals surface area (Å²) < 4.78 is 1.03. The molecule has 0 unspecified atom stereocenters. The summed E-state index contributed by atoms with van der Waals surface area (Å²) in [5.41, 5.74) is 3.20. The number of hydrogen-bond donors (Lipinski definition) is 2. The third kappa shape index (κ3) is 4.33. The number of anilines is 1. The number of nitrogens with zero attached hydrogens (tertiary/aromatic N) is 2. The van der Waals surface area contributed by atoms with Gasteiger partial charge in [0.1, 0.15) is 0 Å². The van der Waals surface area contributed by atoms with E-state index < -0.39 is 0 Å². The van der Waals surface area contributed by atoms with Gasteiger partial charge in [-0.15, -0.1) is 0 Å². The molecule has 6 heteroatoms. The molecule has 2 N–H and O–H groups in total. The van der Waals surface area contributed by atoms with Crippen LogP contribution in [0.1, 0.15) is 18.4 Å². The number of H-pyrrole nitrogens is 1. The van der Waals surface area contributed by atoms with Crippen LogP contribution in [0, 0.1) is 5.92 Å². The Morgan fingerprint density at radius 3 is 2.96 bits per heavy atom. The average molecular weight is 427 g/mol. The van der Waals surface area contributed by atoms with Gasteiger partial charge < -0.3 is 15.2 Å². The fourth-order valence-electron chi connectivity index (χ4n) is 3.62. The van der Waals surface area contributed by atoms with Crippen molar-refractivity contribution in [3.8, 4) is 0 Å². The van der Waals surface area contributed by atoms with Crippen molar-refractivity contribution in [1.29, 1.82) is 0 Å². The Hall–Kier alpha value is -2.34. The second kappa shape index (κ2) is 8.13. The summed E-state index contributed by atoms with van der Waals surface area (Å²) in [5, 5.41) is 3.10. The first-order valence-corrected chi connectivity index (χ1v) is 10.2. The third-order valence-electron chi connectivity index (χ3n) is 5.08. The summed E-state index contributed by atoms with van der Waals surface area (Å²) in [6.45, 7) is 2.31. The van der Waals surface area contributed by atoms with Crippen LogP contribution in [0.3, 0.4) is 0 Å². The first kappa shape index (κ1) is 18.0. The van der Waals surface area contributed by atoms with Gasteiger partial charge in [-0.05, 0) is 43.0 Å². The number of hydrogen-bond acceptors (Lipinski definition) is 3. The van der Waals surface area contributed by atoms with Gasteiger partial charge in [0.25, 0.3) is 0 Å². The van der Waals surface area contributed by atoms with Crippen molar-refractivity contribution < 1.29 is 4.79 Å². The van der Waals surface area contributed by atoms with Crippen molar-refractivity contribution in [2.75, 3.05) is 24.5 Å². The van der Waals surface area contributed by atoms with Crippen LogP contribution in [0.5, 0.6) is 0 Å². The van der Waals surface area contributed by atoms with Gasteiger partial charge in [-0.25, -0.2) is 4.98 Å². The Labute approximate surface area is 167 Å². The molecular weight excluding hydrogens is 404 g/mol. The van der Waals surface area contributed by atoms with Crippen LogP contribution in [0.25, 0.3) is 11.0 Å². The molecule has 1 fully saturated rings. The normalized spacial score (nSPS) is 17.2. The maximum atomic E-state index is 12.6. The highest BCUT2D eigenvalue weighted by Gasteiger charge is 2.27. The summed E-state index contributed by atoms with van der Waals surface area (Å²) in [6, 6.07) is 16.3. The Morgan fingerprint density at radius 2 is 2.11 bits per heavy atom. The van der Waals surface area contributed by atoms with Gasteiger partial charge in [-0.1, -0.05) is 46.3 Å². The van der Waals surface area contributed by atoms with Crippen molar-refractivity contribution in [3.63, 3.8) is 0 Å². The van der Waals surface area contributed by atoms with Crippen LogP contribution in [0.2, 0.25) is 0 Å². The molecule has 0 bridgehead atoms. The van der Waals surface area contributed by atoms with Gasteiger partial charge in [0, 0.05) is 24.1 Å². The lowest BCUT2D eigenvalue weighted by Gasteiger charge is -2.31. The summed E-state index contributed by atoms with van der Waals surface area (Å²) in [6.07, 6.45) is 2.79. The van der Waals surface area contributed by atoms with Gasteiger partial charge in [0.05, 0.1) is 17.0 Å². The smallest absolute Gasteiger partial charge is 0.224 e. The number of amides is 1. The van der Waals surface area contributed by atoms with E-state index in [9.17, 15) is 4.79 Å². The van der Waals surface area contributed by atoms with E-state index in [0.717, 1.165) is 47.3 Å². The maximum absolute atomic E-state index is 12.6. The Balaban J connectivity index is 1.36. The Morgan fingerprint density at radius 1 is 1.26 bits per heavy atom. The third-order valence-corrected chi connectivity index (χ3v) is 5.57. The molecule has 5 nitrogen and oxygen atoms in total. The highest BCUT2D eigenvalue weighted by molar-refractivity contribution is 9.10. The van der Waals surface area contributed by atoms with E-state index >= 15 is 0 Å². The molecule has 1 aliphatic rings. The maximum Gasteiger partial charge on any atom is 0.224 e. The van der Waals surface area contributed by atoms with Crippen molar-refractivity contribution in [2.45, 2.75) is 19.3 Å². The van der Waals surface area contributed by atoms with Crippen molar-refractivity contribution in [3.05, 3.63) is 58.6 Å². The molecule has 0 aliphatic carbocycles. The quantitative estimate of drug-likeness (QED) is 0.650. The number of nitrogens with one attached hydrogen (secondary N) is 2. The molecule has 27 heavy (non-hydrogen) atoms. The minimum absolute atomic E-state index is 0.00877. The lowest BCUT2D eigenvalue weighted by atomic mass is 9.97. The molecule has 0 radical (unpaired) electrons. The zero-order valence-corrected chi connectivity index (χ0v) is 16.7. The van der Waals surface area contributed by atoms with Crippen LogP contribution in [0.15, 0.2) is 53.0 Å². The minimum atomic E-state index is 0.00877. The van der Waals surface area contributed by atoms with E-state index in [1.54, 1.807) is 0 Å². The van der Waals surface area contributed by atoms with E-state index in [1.165, 1.54) is 5.56 Å². The zero-order valence-electron chi connectivity index (χ0n) is 15.1. The first-order valence-electron chi connectivity index (χ1n) is 9.41. The lowest BCUT2D eigenvalue weighted by Crippen LogP contribution is -2.43. The number of imidazole rings is 1. The number of carbonyl (C=O) groups excluding carboxylic acids is 1. The van der Waals surface area contributed by atoms with Gasteiger partial charge in [-0.2, -0.15) is 0 Å². The van der Waals surface area contributed by atoms with E-state index in [4.69, 9.17) is 4.98 Å². The number of benzene rings is 2. The van der Waals surface area contributed by atoms with Crippen LogP contribution < -0.4 is 10.2 Å². The van der Waals surface area contributed by atoms with Gasteiger partial charge >= 0.3 is 0 Å². The molecule has 2 aromatic carbocycles. The van der Waals surface area contributed by atoms with Crippen LogP contribution in [-0.4, -0.2) is 35.5 Å². The van der Waals surface area contributed by atoms with Crippen LogP contribution >= 0.6 is 15.9 Å². The number of aromatic amines is 1. The highest BCUT2D eigenvalue weighted by Crippen LogP contribution is 2.25. The van der Waals surface area contributed by atoms with Gasteiger partial charge in [0.2, 0.25) is 11.9 Å². The highest BCUT2D eigenvalue weighted by atomic mass is 79.9. The monoisotopic (exact) mass is 426 g/mol. The molecule has 0 spiro atoms. The number of halogens is 1. The Kier molecular flexibility index (Phi) is 5.43. The van der Waals surface area contributed by atoms with E-state index in [-0.39, 0.29) is 11.8 Å². The predicted octanol–water partition coefficient (Wildman–Crippen LogP) is 3.90. The fourth-order valence-corrected chi connectivity index (χ4v) is 3.98. The molecule has 1 aromatic heterocycles. The second-order valence-corrected chi connectivity index (χ2v) is 7.95. The largest absolute Gasteiger partial charge is 0.355 e. The minimum Gasteiger partial charge on any atom is -0.355 e. The number of piperidine rings is 1. The zero-order chi connectivity index (χ0) is 18.6. The summed E-state index contributed by atoms with van der Waals surface area (Å²) in [4.78, 5) is 22.9. The molecule has 1 aliphatic heterocycles. The van der Waals surface area contributed by atoms with Crippen molar-refractivity contribution >= 4 is 38.8 Å². The molecule has 2 heterocycles. The van der Waals surface area contributed by atoms with Gasteiger partial charge in [0.15, 0.2) is 0 Å². The summed E-state index contributed by atoms with van der Waals surface area (Å²) >= 11 is 3.49. The standard InChI is InChI=1S/C21H23BrN4O/c22-17-8-9-18-19(13-17)25-21(24-18)26-12-4-7-16(14-26)20(27)23-11-10-15-5-2-1-3-6-15/h1-3,5-6,8-9,13,16H,4,7,10-12,14H2,(H,23,27)(H,24,25)/t16-/m0/s1. The van der Waals surface area contributed by atoms with Crippen LogP contribution in [-0.2, 0) is 11.2 Å². The summed E-state index contributed by atoms with van der Waals surface area (Å²) in [5.74, 6) is 1.01. The molecule has 1 saturated heterocycles. The van der Waals surface area contributed by atoms with E-state index in [1.807, 2.05) is 36.4 Å².